The summed E-state index contributed by atoms with van der Waals surface area (Å²) in [5.74, 6) is -0.802. The number of aromatic nitrogens is 1. The van der Waals surface area contributed by atoms with Crippen LogP contribution in [0.15, 0.2) is 48.5 Å². The molecule has 0 bridgehead atoms. The molecule has 1 heterocycles. The second kappa shape index (κ2) is 7.74. The van der Waals surface area contributed by atoms with E-state index in [1.165, 1.54) is 18.2 Å². The first-order valence-electron chi connectivity index (χ1n) is 7.90. The smallest absolute Gasteiger partial charge is 0.404 e. The number of carbonyl (C=O) groups excluding carboxylic acids is 1. The molecule has 4 nitrogen and oxygen atoms in total. The van der Waals surface area contributed by atoms with Crippen LogP contribution in [0.25, 0.3) is 10.2 Å². The number of anilines is 1. The maximum Gasteiger partial charge on any atom is 0.573 e. The van der Waals surface area contributed by atoms with Crippen molar-refractivity contribution in [3.05, 3.63) is 53.5 Å². The average molecular weight is 380 g/mol. The summed E-state index contributed by atoms with van der Waals surface area (Å²) in [6, 6.07) is 13.2. The Morgan fingerprint density at radius 1 is 1.12 bits per heavy atom. The van der Waals surface area contributed by atoms with E-state index in [1.807, 2.05) is 24.3 Å². The van der Waals surface area contributed by atoms with Crippen molar-refractivity contribution in [3.63, 3.8) is 0 Å². The first kappa shape index (κ1) is 18.2. The van der Waals surface area contributed by atoms with Crippen LogP contribution >= 0.6 is 11.3 Å². The van der Waals surface area contributed by atoms with Gasteiger partial charge in [-0.1, -0.05) is 24.3 Å². The third-order valence-electron chi connectivity index (χ3n) is 3.52. The molecule has 136 valence electrons. The normalized spacial score (nSPS) is 11.5. The van der Waals surface area contributed by atoms with E-state index >= 15 is 0 Å². The zero-order chi connectivity index (χ0) is 18.6. The maximum absolute atomic E-state index is 12.4. The molecule has 0 saturated carbocycles. The van der Waals surface area contributed by atoms with Crippen LogP contribution in [0, 0.1) is 0 Å². The largest absolute Gasteiger partial charge is 0.573 e. The van der Waals surface area contributed by atoms with E-state index in [-0.39, 0.29) is 18.0 Å². The summed E-state index contributed by atoms with van der Waals surface area (Å²) < 4.78 is 42.2. The van der Waals surface area contributed by atoms with Crippen LogP contribution in [-0.4, -0.2) is 17.3 Å². The van der Waals surface area contributed by atoms with Gasteiger partial charge < -0.3 is 10.1 Å². The molecule has 1 aromatic heterocycles. The van der Waals surface area contributed by atoms with Crippen molar-refractivity contribution in [1.29, 1.82) is 0 Å². The molecule has 1 N–H and O–H groups in total. The molecule has 3 rings (SSSR count). The highest BCUT2D eigenvalue weighted by atomic mass is 32.1. The van der Waals surface area contributed by atoms with Gasteiger partial charge in [0.15, 0.2) is 5.75 Å². The van der Waals surface area contributed by atoms with Crippen LogP contribution in [0.3, 0.4) is 0 Å². The lowest BCUT2D eigenvalue weighted by molar-refractivity contribution is -0.274. The van der Waals surface area contributed by atoms with Crippen LogP contribution in [0.1, 0.15) is 17.8 Å². The van der Waals surface area contributed by atoms with Crippen LogP contribution in [0.5, 0.6) is 5.75 Å². The Balaban J connectivity index is 1.54. The van der Waals surface area contributed by atoms with Gasteiger partial charge in [-0.15, -0.1) is 24.5 Å². The highest BCUT2D eigenvalue weighted by Gasteiger charge is 2.32. The first-order chi connectivity index (χ1) is 12.4. The zero-order valence-electron chi connectivity index (χ0n) is 13.5. The number of benzene rings is 2. The molecule has 0 saturated heterocycles. The fourth-order valence-corrected chi connectivity index (χ4v) is 3.43. The molecule has 0 unspecified atom stereocenters. The van der Waals surface area contributed by atoms with Gasteiger partial charge >= 0.3 is 6.36 Å². The summed E-state index contributed by atoms with van der Waals surface area (Å²) in [5.41, 5.74) is 0.921. The number of carbonyl (C=O) groups is 1. The highest BCUT2D eigenvalue weighted by molar-refractivity contribution is 7.18. The topological polar surface area (TPSA) is 51.2 Å². The number of nitrogens with zero attached hydrogens (tertiary/aromatic N) is 1. The number of hydrogen-bond acceptors (Lipinski definition) is 4. The first-order valence-corrected chi connectivity index (χ1v) is 8.71. The zero-order valence-corrected chi connectivity index (χ0v) is 14.4. The molecule has 3 aromatic rings. The van der Waals surface area contributed by atoms with Gasteiger partial charge in [0.1, 0.15) is 0 Å². The van der Waals surface area contributed by atoms with Gasteiger partial charge in [0.05, 0.1) is 20.9 Å². The number of alkyl halides is 3. The summed E-state index contributed by atoms with van der Waals surface area (Å²) in [6.07, 6.45) is -3.45. The molecule has 1 amide bonds. The minimum atomic E-state index is -4.81. The monoisotopic (exact) mass is 380 g/mol. The molecule has 26 heavy (non-hydrogen) atoms. The van der Waals surface area contributed by atoms with Crippen molar-refractivity contribution in [2.45, 2.75) is 25.6 Å². The number of thiazole rings is 1. The van der Waals surface area contributed by atoms with E-state index < -0.39 is 12.1 Å². The van der Waals surface area contributed by atoms with E-state index in [4.69, 9.17) is 0 Å². The molecule has 0 spiro atoms. The predicted molar refractivity (Wildman–Crippen MR) is 94.3 cm³/mol. The van der Waals surface area contributed by atoms with Gasteiger partial charge in [-0.05, 0) is 37.1 Å². The molecular formula is C18H15F3N2O2S. The summed E-state index contributed by atoms with van der Waals surface area (Å²) in [4.78, 5) is 16.5. The van der Waals surface area contributed by atoms with Crippen LogP contribution in [-0.2, 0) is 11.2 Å². The van der Waals surface area contributed by atoms with E-state index in [1.54, 1.807) is 11.3 Å². The third kappa shape index (κ3) is 4.95. The lowest BCUT2D eigenvalue weighted by Crippen LogP contribution is -2.19. The van der Waals surface area contributed by atoms with Gasteiger partial charge in [0, 0.05) is 6.42 Å². The van der Waals surface area contributed by atoms with E-state index in [9.17, 15) is 18.0 Å². The Morgan fingerprint density at radius 3 is 2.62 bits per heavy atom. The van der Waals surface area contributed by atoms with E-state index in [0.29, 0.717) is 12.8 Å². The quantitative estimate of drug-likeness (QED) is 0.643. The SMILES string of the molecule is O=C(CCCc1nc2ccccc2s1)Nc1ccccc1OC(F)(F)F. The standard InChI is InChI=1S/C18H15F3N2O2S/c19-18(20,21)25-14-8-3-1-6-12(14)22-16(24)10-5-11-17-23-13-7-2-4-9-15(13)26-17/h1-4,6-9H,5,10-11H2,(H,22,24). The highest BCUT2D eigenvalue weighted by Crippen LogP contribution is 2.30. The number of nitrogens with one attached hydrogen (secondary N) is 1. The lowest BCUT2D eigenvalue weighted by atomic mass is 10.2. The van der Waals surface area contributed by atoms with Crippen LogP contribution < -0.4 is 10.1 Å². The van der Waals surface area contributed by atoms with Crippen molar-refractivity contribution < 1.29 is 22.7 Å². The van der Waals surface area contributed by atoms with Gasteiger partial charge in [0.2, 0.25) is 5.91 Å². The molecule has 0 aliphatic carbocycles. The molecule has 0 radical (unpaired) electrons. The second-order valence-corrected chi connectivity index (χ2v) is 6.64. The molecule has 0 aliphatic heterocycles. The van der Waals surface area contributed by atoms with Gasteiger partial charge in [0.25, 0.3) is 0 Å². The third-order valence-corrected chi connectivity index (χ3v) is 4.62. The van der Waals surface area contributed by atoms with Crippen LogP contribution in [0.4, 0.5) is 18.9 Å². The number of hydrogen-bond donors (Lipinski definition) is 1. The number of aryl methyl sites for hydroxylation is 1. The number of ether oxygens (including phenoxy) is 1. The fourth-order valence-electron chi connectivity index (χ4n) is 2.42. The fraction of sp³-hybridized carbons (Fsp3) is 0.222. The summed E-state index contributed by atoms with van der Waals surface area (Å²) >= 11 is 1.57. The Bertz CT molecular complexity index is 876. The molecule has 2 aromatic carbocycles. The minimum Gasteiger partial charge on any atom is -0.404 e. The number of amides is 1. The average Bonchev–Trinajstić information content (AvgIpc) is 2.98. The number of fused-ring (bicyclic) bond motifs is 1. The summed E-state index contributed by atoms with van der Waals surface area (Å²) in [7, 11) is 0. The van der Waals surface area contributed by atoms with Crippen LogP contribution in [0.2, 0.25) is 0 Å². The van der Waals surface area contributed by atoms with Gasteiger partial charge in [-0.25, -0.2) is 4.98 Å². The van der Waals surface area contributed by atoms with Gasteiger partial charge in [-0.3, -0.25) is 4.79 Å². The number of halogens is 3. The second-order valence-electron chi connectivity index (χ2n) is 5.52. The van der Waals surface area contributed by atoms with Gasteiger partial charge in [-0.2, -0.15) is 0 Å². The van der Waals surface area contributed by atoms with E-state index in [0.717, 1.165) is 21.3 Å². The van der Waals surface area contributed by atoms with Crippen molar-refractivity contribution >= 4 is 33.1 Å². The molecule has 8 heteroatoms. The molecule has 0 fully saturated rings. The Labute approximate surface area is 151 Å². The minimum absolute atomic E-state index is 0.00480. The van der Waals surface area contributed by atoms with E-state index in [2.05, 4.69) is 15.0 Å². The molecular weight excluding hydrogens is 365 g/mol. The maximum atomic E-state index is 12.4. The molecule has 0 atom stereocenters. The lowest BCUT2D eigenvalue weighted by Gasteiger charge is -2.13. The van der Waals surface area contributed by atoms with Crippen molar-refractivity contribution in [2.24, 2.45) is 0 Å². The van der Waals surface area contributed by atoms with Crippen molar-refractivity contribution in [1.82, 2.24) is 4.98 Å². The number of para-hydroxylation sites is 3. The summed E-state index contributed by atoms with van der Waals surface area (Å²) in [6.45, 7) is 0. The predicted octanol–water partition coefficient (Wildman–Crippen LogP) is 5.16. The Morgan fingerprint density at radius 2 is 1.85 bits per heavy atom. The number of rotatable bonds is 6. The summed E-state index contributed by atoms with van der Waals surface area (Å²) in [5, 5.41) is 3.40. The molecule has 0 aliphatic rings. The van der Waals surface area contributed by atoms with Crippen molar-refractivity contribution in [2.75, 3.05) is 5.32 Å². The van der Waals surface area contributed by atoms with Crippen molar-refractivity contribution in [3.8, 4) is 5.75 Å². The Hall–Kier alpha value is -2.61. The Kier molecular flexibility index (Phi) is 5.41.